The number of nitrogens with zero attached hydrogens (tertiary/aromatic N) is 2. The number of carbonyl (C=O) groups excluding carboxylic acids is 1. The molecule has 0 unspecified atom stereocenters. The van der Waals surface area contributed by atoms with Crippen LogP contribution in [0.25, 0.3) is 0 Å². The number of benzene rings is 2. The lowest BCUT2D eigenvalue weighted by molar-refractivity contribution is -0.113. The number of hydrogen-bond acceptors (Lipinski definition) is 6. The molecule has 0 fully saturated rings. The van der Waals surface area contributed by atoms with Crippen molar-refractivity contribution >= 4 is 35.0 Å². The van der Waals surface area contributed by atoms with Crippen LogP contribution in [0.3, 0.4) is 0 Å². The van der Waals surface area contributed by atoms with Gasteiger partial charge in [0.05, 0.1) is 5.75 Å². The summed E-state index contributed by atoms with van der Waals surface area (Å²) in [7, 11) is 0. The molecule has 0 aliphatic carbocycles. The van der Waals surface area contributed by atoms with Crippen LogP contribution in [0.2, 0.25) is 5.02 Å². The first kappa shape index (κ1) is 19.3. The Morgan fingerprint density at radius 2 is 1.85 bits per heavy atom. The van der Waals surface area contributed by atoms with Crippen molar-refractivity contribution in [3.8, 4) is 5.75 Å². The lowest BCUT2D eigenvalue weighted by Crippen LogP contribution is -2.15. The van der Waals surface area contributed by atoms with E-state index in [2.05, 4.69) is 15.5 Å². The van der Waals surface area contributed by atoms with Gasteiger partial charge in [0.25, 0.3) is 11.1 Å². The van der Waals surface area contributed by atoms with E-state index in [9.17, 15) is 4.79 Å². The second kappa shape index (κ2) is 8.92. The number of anilines is 1. The van der Waals surface area contributed by atoms with Crippen molar-refractivity contribution in [3.63, 3.8) is 0 Å². The maximum atomic E-state index is 12.2. The number of nitrogens with one attached hydrogen (secondary N) is 1. The van der Waals surface area contributed by atoms with Crippen molar-refractivity contribution < 1.29 is 13.9 Å². The van der Waals surface area contributed by atoms with Crippen LogP contribution in [0, 0.1) is 13.8 Å². The van der Waals surface area contributed by atoms with Crippen LogP contribution in [0.4, 0.5) is 5.69 Å². The molecule has 1 N–H and O–H groups in total. The molecule has 0 saturated heterocycles. The fourth-order valence-electron chi connectivity index (χ4n) is 2.35. The average molecular weight is 404 g/mol. The third kappa shape index (κ3) is 5.48. The fourth-order valence-corrected chi connectivity index (χ4v) is 3.05. The molecule has 1 heterocycles. The summed E-state index contributed by atoms with van der Waals surface area (Å²) in [5.41, 5.74) is 2.88. The molecule has 0 aliphatic heterocycles. The summed E-state index contributed by atoms with van der Waals surface area (Å²) >= 11 is 7.01. The zero-order valence-corrected chi connectivity index (χ0v) is 16.4. The standard InChI is InChI=1S/C19H18ClN3O3S/c1-12-4-3-5-13(2)18(12)21-16(24)11-27-19-23-22-17(26-19)10-25-15-8-6-14(20)7-9-15/h3-9H,10-11H2,1-2H3,(H,21,24). The normalized spacial score (nSPS) is 10.6. The molecule has 3 aromatic rings. The quantitative estimate of drug-likeness (QED) is 0.578. The van der Waals surface area contributed by atoms with Gasteiger partial charge in [-0.15, -0.1) is 10.2 Å². The molecule has 0 bridgehead atoms. The molecule has 2 aromatic carbocycles. The Labute approximate surface area is 166 Å². The zero-order valence-electron chi connectivity index (χ0n) is 14.9. The maximum absolute atomic E-state index is 12.2. The molecular weight excluding hydrogens is 386 g/mol. The molecule has 6 nitrogen and oxygen atoms in total. The number of halogens is 1. The van der Waals surface area contributed by atoms with Crippen LogP contribution in [0.5, 0.6) is 5.75 Å². The van der Waals surface area contributed by atoms with E-state index in [1.54, 1.807) is 24.3 Å². The molecule has 0 aliphatic rings. The molecule has 27 heavy (non-hydrogen) atoms. The highest BCUT2D eigenvalue weighted by Gasteiger charge is 2.12. The van der Waals surface area contributed by atoms with E-state index in [0.29, 0.717) is 21.9 Å². The largest absolute Gasteiger partial charge is 0.484 e. The molecule has 0 spiro atoms. The maximum Gasteiger partial charge on any atom is 0.277 e. The van der Waals surface area contributed by atoms with Crippen LogP contribution in [0.1, 0.15) is 17.0 Å². The number of hydrogen-bond donors (Lipinski definition) is 1. The first-order valence-corrected chi connectivity index (χ1v) is 9.57. The second-order valence-corrected chi connectivity index (χ2v) is 7.17. The summed E-state index contributed by atoms with van der Waals surface area (Å²) in [5, 5.41) is 11.7. The minimum Gasteiger partial charge on any atom is -0.484 e. The summed E-state index contributed by atoms with van der Waals surface area (Å²) in [6.45, 7) is 4.06. The molecule has 3 rings (SSSR count). The molecule has 0 atom stereocenters. The Hall–Kier alpha value is -2.51. The van der Waals surface area contributed by atoms with Gasteiger partial charge in [0, 0.05) is 10.7 Å². The van der Waals surface area contributed by atoms with Crippen LogP contribution in [-0.2, 0) is 11.4 Å². The van der Waals surface area contributed by atoms with Gasteiger partial charge in [-0.2, -0.15) is 0 Å². The summed E-state index contributed by atoms with van der Waals surface area (Å²) in [6, 6.07) is 12.9. The Bertz CT molecular complexity index is 908. The van der Waals surface area contributed by atoms with Crippen molar-refractivity contribution in [2.24, 2.45) is 0 Å². The van der Waals surface area contributed by atoms with E-state index in [1.165, 1.54) is 11.8 Å². The summed E-state index contributed by atoms with van der Waals surface area (Å²) in [5.74, 6) is 1.03. The van der Waals surface area contributed by atoms with E-state index in [-0.39, 0.29) is 18.3 Å². The van der Waals surface area contributed by atoms with E-state index in [4.69, 9.17) is 20.8 Å². The molecule has 1 aromatic heterocycles. The Morgan fingerprint density at radius 1 is 1.15 bits per heavy atom. The van der Waals surface area contributed by atoms with Gasteiger partial charge in [-0.3, -0.25) is 4.79 Å². The van der Waals surface area contributed by atoms with Gasteiger partial charge >= 0.3 is 0 Å². The van der Waals surface area contributed by atoms with Gasteiger partial charge in [0.15, 0.2) is 6.61 Å². The third-order valence-corrected chi connectivity index (χ3v) is 4.77. The Balaban J connectivity index is 1.49. The second-order valence-electron chi connectivity index (χ2n) is 5.81. The lowest BCUT2D eigenvalue weighted by Gasteiger charge is -2.10. The van der Waals surface area contributed by atoms with Gasteiger partial charge in [0.1, 0.15) is 5.75 Å². The Kier molecular flexibility index (Phi) is 6.36. The summed E-state index contributed by atoms with van der Waals surface area (Å²) in [4.78, 5) is 12.2. The molecule has 140 valence electrons. The number of carbonyl (C=O) groups is 1. The molecule has 1 amide bonds. The SMILES string of the molecule is Cc1cccc(C)c1NC(=O)CSc1nnc(COc2ccc(Cl)cc2)o1. The van der Waals surface area contributed by atoms with Crippen LogP contribution in [-0.4, -0.2) is 21.9 Å². The first-order chi connectivity index (χ1) is 13.0. The highest BCUT2D eigenvalue weighted by atomic mass is 35.5. The number of rotatable bonds is 7. The van der Waals surface area contributed by atoms with Gasteiger partial charge in [-0.1, -0.05) is 41.6 Å². The number of amides is 1. The smallest absolute Gasteiger partial charge is 0.277 e. The van der Waals surface area contributed by atoms with Crippen LogP contribution < -0.4 is 10.1 Å². The van der Waals surface area contributed by atoms with Crippen molar-refractivity contribution in [2.75, 3.05) is 11.1 Å². The van der Waals surface area contributed by atoms with Crippen molar-refractivity contribution in [3.05, 3.63) is 64.5 Å². The molecule has 8 heteroatoms. The lowest BCUT2D eigenvalue weighted by atomic mass is 10.1. The fraction of sp³-hybridized carbons (Fsp3) is 0.211. The van der Waals surface area contributed by atoms with E-state index < -0.39 is 0 Å². The van der Waals surface area contributed by atoms with Crippen LogP contribution >= 0.6 is 23.4 Å². The molecular formula is C19H18ClN3O3S. The van der Waals surface area contributed by atoms with Crippen LogP contribution in [0.15, 0.2) is 52.1 Å². The monoisotopic (exact) mass is 403 g/mol. The number of ether oxygens (including phenoxy) is 1. The minimum absolute atomic E-state index is 0.130. The van der Waals surface area contributed by atoms with Gasteiger partial charge < -0.3 is 14.5 Å². The van der Waals surface area contributed by atoms with Gasteiger partial charge in [-0.05, 0) is 49.2 Å². The third-order valence-electron chi connectivity index (χ3n) is 3.70. The Morgan fingerprint density at radius 3 is 2.56 bits per heavy atom. The average Bonchev–Trinajstić information content (AvgIpc) is 3.11. The van der Waals surface area contributed by atoms with E-state index in [0.717, 1.165) is 16.8 Å². The van der Waals surface area contributed by atoms with Gasteiger partial charge in [0.2, 0.25) is 5.91 Å². The van der Waals surface area contributed by atoms with E-state index >= 15 is 0 Å². The predicted octanol–water partition coefficient (Wildman–Crippen LogP) is 4.65. The first-order valence-electron chi connectivity index (χ1n) is 8.21. The highest BCUT2D eigenvalue weighted by Crippen LogP contribution is 2.22. The predicted molar refractivity (Wildman–Crippen MR) is 105 cm³/mol. The number of thioether (sulfide) groups is 1. The van der Waals surface area contributed by atoms with Crippen molar-refractivity contribution in [2.45, 2.75) is 25.7 Å². The summed E-state index contributed by atoms with van der Waals surface area (Å²) < 4.78 is 11.0. The number of aromatic nitrogens is 2. The molecule has 0 saturated carbocycles. The van der Waals surface area contributed by atoms with Crippen molar-refractivity contribution in [1.29, 1.82) is 0 Å². The minimum atomic E-state index is -0.130. The van der Waals surface area contributed by atoms with E-state index in [1.807, 2.05) is 32.0 Å². The zero-order chi connectivity index (χ0) is 19.2. The summed E-state index contributed by atoms with van der Waals surface area (Å²) in [6.07, 6.45) is 0. The number of aryl methyl sites for hydroxylation is 2. The highest BCUT2D eigenvalue weighted by molar-refractivity contribution is 7.99. The van der Waals surface area contributed by atoms with Gasteiger partial charge in [-0.25, -0.2) is 0 Å². The number of para-hydroxylation sites is 1. The molecule has 0 radical (unpaired) electrons. The van der Waals surface area contributed by atoms with Crippen molar-refractivity contribution in [1.82, 2.24) is 10.2 Å². The topological polar surface area (TPSA) is 77.2 Å².